The van der Waals surface area contributed by atoms with E-state index in [9.17, 15) is 14.9 Å². The summed E-state index contributed by atoms with van der Waals surface area (Å²) in [5.41, 5.74) is 5.51. The van der Waals surface area contributed by atoms with Crippen LogP contribution >= 0.6 is 15.9 Å². The zero-order valence-electron chi connectivity index (χ0n) is 9.69. The fraction of sp³-hybridized carbons (Fsp3) is 0.364. The molecular formula is C11H14BrN3O3. The molecule has 0 atom stereocenters. The van der Waals surface area contributed by atoms with Crippen LogP contribution < -0.4 is 11.1 Å². The minimum absolute atomic E-state index is 0.0271. The van der Waals surface area contributed by atoms with Gasteiger partial charge in [-0.3, -0.25) is 14.9 Å². The highest BCUT2D eigenvalue weighted by atomic mass is 79.9. The van der Waals surface area contributed by atoms with Gasteiger partial charge in [-0.2, -0.15) is 0 Å². The molecule has 0 saturated carbocycles. The zero-order chi connectivity index (χ0) is 13.5. The van der Waals surface area contributed by atoms with Crippen LogP contribution in [0, 0.1) is 10.1 Å². The Morgan fingerprint density at radius 2 is 2.17 bits per heavy atom. The quantitative estimate of drug-likeness (QED) is 0.458. The fourth-order valence-electron chi connectivity index (χ4n) is 1.45. The second-order valence-corrected chi connectivity index (χ2v) is 4.68. The molecule has 3 N–H and O–H groups in total. The predicted octanol–water partition coefficient (Wildman–Crippen LogP) is 2.42. The molecule has 0 heterocycles. The summed E-state index contributed by atoms with van der Waals surface area (Å²) >= 11 is 3.19. The smallest absolute Gasteiger partial charge is 0.293 e. The first-order chi connectivity index (χ1) is 8.50. The van der Waals surface area contributed by atoms with Crippen LogP contribution in [0.2, 0.25) is 0 Å². The van der Waals surface area contributed by atoms with Crippen LogP contribution in [-0.2, 0) is 4.79 Å². The van der Waals surface area contributed by atoms with Crippen molar-refractivity contribution in [3.05, 3.63) is 32.8 Å². The van der Waals surface area contributed by atoms with Gasteiger partial charge in [0.25, 0.3) is 5.69 Å². The molecule has 0 aliphatic carbocycles. The van der Waals surface area contributed by atoms with E-state index in [1.807, 2.05) is 0 Å². The van der Waals surface area contributed by atoms with Crippen LogP contribution in [0.4, 0.5) is 11.4 Å². The average Bonchev–Trinajstić information content (AvgIpc) is 2.29. The number of amides is 1. The summed E-state index contributed by atoms with van der Waals surface area (Å²) in [4.78, 5) is 20.9. The van der Waals surface area contributed by atoms with Gasteiger partial charge in [-0.05, 0) is 25.0 Å². The number of nitro groups is 1. The maximum Gasteiger partial charge on any atom is 0.293 e. The van der Waals surface area contributed by atoms with E-state index in [-0.39, 0.29) is 11.6 Å². The number of nitrogens with two attached hydrogens (primary N) is 1. The highest BCUT2D eigenvalue weighted by Crippen LogP contribution is 2.27. The Kier molecular flexibility index (Phi) is 5.57. The number of benzene rings is 1. The van der Waals surface area contributed by atoms with Crippen molar-refractivity contribution in [3.63, 3.8) is 0 Å². The Labute approximate surface area is 113 Å². The lowest BCUT2D eigenvalue weighted by molar-refractivity contribution is -0.384. The van der Waals surface area contributed by atoms with Gasteiger partial charge in [-0.25, -0.2) is 0 Å². The normalized spacial score (nSPS) is 10.1. The highest BCUT2D eigenvalue weighted by molar-refractivity contribution is 9.10. The molecule has 6 nitrogen and oxygen atoms in total. The minimum atomic E-state index is -0.434. The SMILES string of the molecule is NC(=O)CCCCNc1ccc(Br)cc1[N+](=O)[O-]. The van der Waals surface area contributed by atoms with Gasteiger partial charge < -0.3 is 11.1 Å². The van der Waals surface area contributed by atoms with Crippen LogP contribution in [0.25, 0.3) is 0 Å². The lowest BCUT2D eigenvalue weighted by Crippen LogP contribution is -2.11. The van der Waals surface area contributed by atoms with Gasteiger partial charge in [0, 0.05) is 23.5 Å². The molecule has 1 amide bonds. The highest BCUT2D eigenvalue weighted by Gasteiger charge is 2.13. The van der Waals surface area contributed by atoms with Crippen LogP contribution in [0.15, 0.2) is 22.7 Å². The van der Waals surface area contributed by atoms with Crippen molar-refractivity contribution < 1.29 is 9.72 Å². The van der Waals surface area contributed by atoms with Crippen LogP contribution in [-0.4, -0.2) is 17.4 Å². The van der Waals surface area contributed by atoms with Crippen molar-refractivity contribution in [2.45, 2.75) is 19.3 Å². The summed E-state index contributed by atoms with van der Waals surface area (Å²) in [6.45, 7) is 0.565. The number of anilines is 1. The Morgan fingerprint density at radius 1 is 1.44 bits per heavy atom. The number of carbonyl (C=O) groups excluding carboxylic acids is 1. The van der Waals surface area contributed by atoms with Gasteiger partial charge in [0.15, 0.2) is 0 Å². The summed E-state index contributed by atoms with van der Waals surface area (Å²) in [6.07, 6.45) is 1.74. The van der Waals surface area contributed by atoms with Gasteiger partial charge in [0.1, 0.15) is 5.69 Å². The summed E-state index contributed by atoms with van der Waals surface area (Å²) in [7, 11) is 0. The molecule has 0 spiro atoms. The van der Waals surface area contributed by atoms with E-state index in [1.165, 1.54) is 6.07 Å². The molecule has 0 saturated heterocycles. The molecule has 0 aromatic heterocycles. The third-order valence-corrected chi connectivity index (χ3v) is 2.82. The molecule has 0 aliphatic heterocycles. The monoisotopic (exact) mass is 315 g/mol. The van der Waals surface area contributed by atoms with Crippen LogP contribution in [0.5, 0.6) is 0 Å². The van der Waals surface area contributed by atoms with Gasteiger partial charge >= 0.3 is 0 Å². The number of unbranched alkanes of at least 4 members (excludes halogenated alkanes) is 1. The number of nitrogens with one attached hydrogen (secondary N) is 1. The molecule has 0 unspecified atom stereocenters. The summed E-state index contributed by atoms with van der Waals surface area (Å²) in [5.74, 6) is -0.329. The van der Waals surface area contributed by atoms with Crippen molar-refractivity contribution >= 4 is 33.2 Å². The van der Waals surface area contributed by atoms with Crippen LogP contribution in [0.3, 0.4) is 0 Å². The number of rotatable bonds is 7. The number of hydrogen-bond acceptors (Lipinski definition) is 4. The summed E-state index contributed by atoms with van der Waals surface area (Å²) in [6, 6.07) is 4.83. The van der Waals surface area contributed by atoms with E-state index in [2.05, 4.69) is 21.2 Å². The largest absolute Gasteiger partial charge is 0.379 e. The molecule has 0 aliphatic rings. The Hall–Kier alpha value is -1.63. The molecule has 0 radical (unpaired) electrons. The lowest BCUT2D eigenvalue weighted by atomic mass is 10.2. The molecule has 1 aromatic carbocycles. The van der Waals surface area contributed by atoms with Crippen molar-refractivity contribution in [2.24, 2.45) is 5.73 Å². The van der Waals surface area contributed by atoms with Crippen molar-refractivity contribution in [2.75, 3.05) is 11.9 Å². The van der Waals surface area contributed by atoms with Gasteiger partial charge in [0.05, 0.1) is 4.92 Å². The van der Waals surface area contributed by atoms with Crippen LogP contribution in [0.1, 0.15) is 19.3 Å². The summed E-state index contributed by atoms with van der Waals surface area (Å²) in [5, 5.41) is 13.8. The Balaban J connectivity index is 2.51. The number of carbonyl (C=O) groups is 1. The molecule has 7 heteroatoms. The maximum atomic E-state index is 10.8. The van der Waals surface area contributed by atoms with Gasteiger partial charge in [-0.1, -0.05) is 15.9 Å². The Morgan fingerprint density at radius 3 is 2.78 bits per heavy atom. The van der Waals surface area contributed by atoms with E-state index in [1.54, 1.807) is 12.1 Å². The average molecular weight is 316 g/mol. The van der Waals surface area contributed by atoms with Crippen molar-refractivity contribution in [1.29, 1.82) is 0 Å². The molecule has 1 aromatic rings. The first kappa shape index (κ1) is 14.4. The van der Waals surface area contributed by atoms with E-state index >= 15 is 0 Å². The Bertz CT molecular complexity index is 451. The third-order valence-electron chi connectivity index (χ3n) is 2.32. The first-order valence-corrected chi connectivity index (χ1v) is 6.26. The predicted molar refractivity (Wildman–Crippen MR) is 72.3 cm³/mol. The standard InChI is InChI=1S/C11H14BrN3O3/c12-8-4-5-9(10(7-8)15(17)18)14-6-2-1-3-11(13)16/h4-5,7,14H,1-3,6H2,(H2,13,16). The van der Waals surface area contributed by atoms with E-state index < -0.39 is 4.92 Å². The van der Waals surface area contributed by atoms with Crippen molar-refractivity contribution in [3.8, 4) is 0 Å². The molecule has 1 rings (SSSR count). The fourth-order valence-corrected chi connectivity index (χ4v) is 1.80. The molecule has 0 bridgehead atoms. The number of hydrogen-bond donors (Lipinski definition) is 2. The summed E-state index contributed by atoms with van der Waals surface area (Å²) < 4.78 is 0.661. The van der Waals surface area contributed by atoms with E-state index in [0.717, 1.165) is 6.42 Å². The third kappa shape index (κ3) is 4.70. The van der Waals surface area contributed by atoms with E-state index in [4.69, 9.17) is 5.73 Å². The lowest BCUT2D eigenvalue weighted by Gasteiger charge is -2.06. The van der Waals surface area contributed by atoms with E-state index in [0.29, 0.717) is 29.5 Å². The number of nitrogens with zero attached hydrogens (tertiary/aromatic N) is 1. The van der Waals surface area contributed by atoms with Gasteiger partial charge in [0.2, 0.25) is 5.91 Å². The molecule has 18 heavy (non-hydrogen) atoms. The molecule has 0 fully saturated rings. The number of primary amides is 1. The number of nitro benzene ring substituents is 1. The first-order valence-electron chi connectivity index (χ1n) is 5.47. The second-order valence-electron chi connectivity index (χ2n) is 3.77. The molecule has 98 valence electrons. The maximum absolute atomic E-state index is 10.8. The van der Waals surface area contributed by atoms with Crippen molar-refractivity contribution in [1.82, 2.24) is 0 Å². The topological polar surface area (TPSA) is 98.3 Å². The number of halogens is 1. The van der Waals surface area contributed by atoms with Gasteiger partial charge in [-0.15, -0.1) is 0 Å². The zero-order valence-corrected chi connectivity index (χ0v) is 11.3. The molecular weight excluding hydrogens is 302 g/mol. The minimum Gasteiger partial charge on any atom is -0.379 e. The second kappa shape index (κ2) is 6.95.